The van der Waals surface area contributed by atoms with Gasteiger partial charge in [-0.15, -0.1) is 0 Å². The summed E-state index contributed by atoms with van der Waals surface area (Å²) in [6.07, 6.45) is 18.4. The molecule has 0 aliphatic rings. The zero-order chi connectivity index (χ0) is 21.0. The van der Waals surface area contributed by atoms with E-state index in [1.165, 1.54) is 83.5 Å². The molecular formula is C24H51NO3. The second-order valence-electron chi connectivity index (χ2n) is 8.96. The molecular weight excluding hydrogens is 350 g/mol. The molecule has 4 heteroatoms. The van der Waals surface area contributed by atoms with Crippen molar-refractivity contribution in [3.8, 4) is 0 Å². The van der Waals surface area contributed by atoms with E-state index in [9.17, 15) is 15.3 Å². The van der Waals surface area contributed by atoms with Crippen LogP contribution in [0.25, 0.3) is 0 Å². The van der Waals surface area contributed by atoms with Crippen molar-refractivity contribution in [2.45, 2.75) is 135 Å². The number of hydrogen-bond acceptors (Lipinski definition) is 4. The van der Waals surface area contributed by atoms with Crippen LogP contribution in [-0.4, -0.2) is 58.2 Å². The summed E-state index contributed by atoms with van der Waals surface area (Å²) in [7, 11) is 0. The van der Waals surface area contributed by atoms with Gasteiger partial charge < -0.3 is 15.3 Å². The fourth-order valence-electron chi connectivity index (χ4n) is 3.93. The molecule has 4 nitrogen and oxygen atoms in total. The number of aliphatic hydroxyl groups excluding tert-OH is 3. The highest BCUT2D eigenvalue weighted by Gasteiger charge is 2.15. The van der Waals surface area contributed by atoms with Crippen molar-refractivity contribution in [1.82, 2.24) is 4.90 Å². The summed E-state index contributed by atoms with van der Waals surface area (Å²) in [6, 6.07) is 0. The van der Waals surface area contributed by atoms with E-state index < -0.39 is 12.2 Å². The Morgan fingerprint density at radius 2 is 0.893 bits per heavy atom. The van der Waals surface area contributed by atoms with Gasteiger partial charge in [0.2, 0.25) is 0 Å². The Morgan fingerprint density at radius 1 is 0.536 bits per heavy atom. The van der Waals surface area contributed by atoms with Crippen molar-refractivity contribution in [1.29, 1.82) is 0 Å². The van der Waals surface area contributed by atoms with Crippen LogP contribution in [0.2, 0.25) is 0 Å². The third-order valence-corrected chi connectivity index (χ3v) is 5.40. The molecule has 0 radical (unpaired) electrons. The van der Waals surface area contributed by atoms with Crippen LogP contribution in [0.4, 0.5) is 0 Å². The Hall–Kier alpha value is -0.160. The maximum Gasteiger partial charge on any atom is 0.0667 e. The van der Waals surface area contributed by atoms with Gasteiger partial charge in [0.1, 0.15) is 0 Å². The quantitative estimate of drug-likeness (QED) is 0.229. The standard InChI is InChI=1S/C24H51NO3/c1-4-5-6-7-8-9-10-11-12-13-14-15-16-17-18-24(28)21-25(19-22(2)26)20-23(3)27/h22-24,26-28H,4-21H2,1-3H3. The van der Waals surface area contributed by atoms with Crippen LogP contribution >= 0.6 is 0 Å². The molecule has 0 spiro atoms. The Labute approximate surface area is 175 Å². The van der Waals surface area contributed by atoms with E-state index in [4.69, 9.17) is 0 Å². The molecule has 0 aromatic rings. The van der Waals surface area contributed by atoms with Crippen molar-refractivity contribution in [3.05, 3.63) is 0 Å². The second kappa shape index (κ2) is 20.1. The van der Waals surface area contributed by atoms with Gasteiger partial charge in [0, 0.05) is 19.6 Å². The van der Waals surface area contributed by atoms with Crippen molar-refractivity contribution < 1.29 is 15.3 Å². The van der Waals surface area contributed by atoms with Gasteiger partial charge in [-0.3, -0.25) is 4.90 Å². The molecule has 0 aliphatic heterocycles. The topological polar surface area (TPSA) is 63.9 Å². The summed E-state index contributed by atoms with van der Waals surface area (Å²) < 4.78 is 0. The van der Waals surface area contributed by atoms with Gasteiger partial charge in [-0.1, -0.05) is 96.8 Å². The molecule has 0 aliphatic carbocycles. The summed E-state index contributed by atoms with van der Waals surface area (Å²) in [6.45, 7) is 7.30. The summed E-state index contributed by atoms with van der Waals surface area (Å²) in [5.41, 5.74) is 0. The van der Waals surface area contributed by atoms with Gasteiger partial charge in [0.05, 0.1) is 18.3 Å². The zero-order valence-electron chi connectivity index (χ0n) is 19.2. The van der Waals surface area contributed by atoms with Crippen LogP contribution in [0.1, 0.15) is 117 Å². The van der Waals surface area contributed by atoms with Crippen molar-refractivity contribution in [2.75, 3.05) is 19.6 Å². The van der Waals surface area contributed by atoms with Gasteiger partial charge in [0.25, 0.3) is 0 Å². The van der Waals surface area contributed by atoms with Crippen LogP contribution in [0.5, 0.6) is 0 Å². The Balaban J connectivity index is 3.47. The molecule has 0 bridgehead atoms. The molecule has 0 aromatic carbocycles. The van der Waals surface area contributed by atoms with Gasteiger partial charge in [-0.2, -0.15) is 0 Å². The summed E-state index contributed by atoms with van der Waals surface area (Å²) in [5, 5.41) is 29.3. The maximum atomic E-state index is 10.2. The fourth-order valence-corrected chi connectivity index (χ4v) is 3.93. The lowest BCUT2D eigenvalue weighted by molar-refractivity contribution is 0.0443. The first-order valence-electron chi connectivity index (χ1n) is 12.2. The summed E-state index contributed by atoms with van der Waals surface area (Å²) >= 11 is 0. The number of aliphatic hydroxyl groups is 3. The normalized spacial score (nSPS) is 15.1. The Bertz CT molecular complexity index is 300. The highest BCUT2D eigenvalue weighted by molar-refractivity contribution is 4.69. The van der Waals surface area contributed by atoms with Crippen LogP contribution in [0, 0.1) is 0 Å². The average molecular weight is 402 g/mol. The highest BCUT2D eigenvalue weighted by Crippen LogP contribution is 2.14. The van der Waals surface area contributed by atoms with Crippen LogP contribution in [0.15, 0.2) is 0 Å². The number of unbranched alkanes of at least 4 members (excludes halogenated alkanes) is 13. The Kier molecular flexibility index (Phi) is 20.0. The van der Waals surface area contributed by atoms with E-state index in [2.05, 4.69) is 6.92 Å². The van der Waals surface area contributed by atoms with Crippen LogP contribution in [-0.2, 0) is 0 Å². The third-order valence-electron chi connectivity index (χ3n) is 5.40. The van der Waals surface area contributed by atoms with Crippen molar-refractivity contribution in [2.24, 2.45) is 0 Å². The van der Waals surface area contributed by atoms with E-state index in [-0.39, 0.29) is 6.10 Å². The lowest BCUT2D eigenvalue weighted by Crippen LogP contribution is -2.41. The largest absolute Gasteiger partial charge is 0.392 e. The molecule has 0 saturated heterocycles. The minimum atomic E-state index is -0.438. The molecule has 0 fully saturated rings. The predicted molar refractivity (Wildman–Crippen MR) is 121 cm³/mol. The zero-order valence-corrected chi connectivity index (χ0v) is 19.2. The minimum absolute atomic E-state index is 0.366. The first-order chi connectivity index (χ1) is 13.5. The first kappa shape index (κ1) is 27.8. The number of hydrogen-bond donors (Lipinski definition) is 3. The van der Waals surface area contributed by atoms with Crippen LogP contribution < -0.4 is 0 Å². The monoisotopic (exact) mass is 401 g/mol. The van der Waals surface area contributed by atoms with Gasteiger partial charge in [-0.25, -0.2) is 0 Å². The van der Waals surface area contributed by atoms with Crippen LogP contribution in [0.3, 0.4) is 0 Å². The smallest absolute Gasteiger partial charge is 0.0667 e. The molecule has 3 atom stereocenters. The van der Waals surface area contributed by atoms with E-state index in [1.807, 2.05) is 4.90 Å². The molecule has 3 N–H and O–H groups in total. The number of rotatable bonds is 21. The SMILES string of the molecule is CCCCCCCCCCCCCCCCC(O)CN(CC(C)O)CC(C)O. The maximum absolute atomic E-state index is 10.2. The molecule has 0 aromatic heterocycles. The molecule has 0 heterocycles. The predicted octanol–water partition coefficient (Wildman–Crippen LogP) is 5.28. The van der Waals surface area contributed by atoms with E-state index in [0.717, 1.165) is 12.8 Å². The van der Waals surface area contributed by atoms with Crippen molar-refractivity contribution in [3.63, 3.8) is 0 Å². The lowest BCUT2D eigenvalue weighted by atomic mass is 10.0. The van der Waals surface area contributed by atoms with E-state index in [1.54, 1.807) is 13.8 Å². The Morgan fingerprint density at radius 3 is 1.25 bits per heavy atom. The lowest BCUT2D eigenvalue weighted by Gasteiger charge is -2.27. The fraction of sp³-hybridized carbons (Fsp3) is 1.00. The van der Waals surface area contributed by atoms with Crippen molar-refractivity contribution >= 4 is 0 Å². The molecule has 3 unspecified atom stereocenters. The van der Waals surface area contributed by atoms with Gasteiger partial charge >= 0.3 is 0 Å². The molecule has 0 rings (SSSR count). The minimum Gasteiger partial charge on any atom is -0.392 e. The second-order valence-corrected chi connectivity index (χ2v) is 8.96. The third kappa shape index (κ3) is 20.6. The summed E-state index contributed by atoms with van der Waals surface area (Å²) in [4.78, 5) is 1.96. The summed E-state index contributed by atoms with van der Waals surface area (Å²) in [5.74, 6) is 0. The van der Waals surface area contributed by atoms with E-state index >= 15 is 0 Å². The van der Waals surface area contributed by atoms with Gasteiger partial charge in [0.15, 0.2) is 0 Å². The first-order valence-corrected chi connectivity index (χ1v) is 12.2. The molecule has 28 heavy (non-hydrogen) atoms. The molecule has 170 valence electrons. The molecule has 0 amide bonds. The average Bonchev–Trinajstić information content (AvgIpc) is 2.60. The van der Waals surface area contributed by atoms with Gasteiger partial charge in [-0.05, 0) is 20.3 Å². The highest BCUT2D eigenvalue weighted by atomic mass is 16.3. The number of nitrogens with zero attached hydrogens (tertiary/aromatic N) is 1. The molecule has 0 saturated carbocycles. The van der Waals surface area contributed by atoms with E-state index in [0.29, 0.717) is 19.6 Å².